The third-order valence-electron chi connectivity index (χ3n) is 4.19. The smallest absolute Gasteiger partial charge is 0.158 e. The van der Waals surface area contributed by atoms with Crippen molar-refractivity contribution >= 4 is 22.8 Å². The van der Waals surface area contributed by atoms with Crippen LogP contribution in [0.1, 0.15) is 37.7 Å². The predicted molar refractivity (Wildman–Crippen MR) is 83.9 cm³/mol. The number of ether oxygens (including phenoxy) is 1. The van der Waals surface area contributed by atoms with Crippen LogP contribution < -0.4 is 0 Å². The van der Waals surface area contributed by atoms with E-state index in [1.807, 2.05) is 11.6 Å². The molecule has 0 radical (unpaired) electrons. The largest absolute Gasteiger partial charge is 0.378 e. The van der Waals surface area contributed by atoms with Crippen molar-refractivity contribution in [2.24, 2.45) is 0 Å². The minimum absolute atomic E-state index is 0.394. The van der Waals surface area contributed by atoms with Crippen molar-refractivity contribution in [1.82, 2.24) is 19.3 Å². The van der Waals surface area contributed by atoms with Crippen LogP contribution in [0.5, 0.6) is 0 Å². The van der Waals surface area contributed by atoms with E-state index in [1.54, 1.807) is 0 Å². The van der Waals surface area contributed by atoms with E-state index in [9.17, 15) is 0 Å². The number of nitrogens with zero attached hydrogens (tertiary/aromatic N) is 4. The van der Waals surface area contributed by atoms with Gasteiger partial charge >= 0.3 is 0 Å². The van der Waals surface area contributed by atoms with E-state index in [1.165, 1.54) is 12.8 Å². The summed E-state index contributed by atoms with van der Waals surface area (Å²) in [5.74, 6) is 1.67. The van der Waals surface area contributed by atoms with Crippen molar-refractivity contribution < 1.29 is 4.74 Å². The number of alkyl halides is 1. The number of aryl methyl sites for hydroxylation is 4. The normalized spacial score (nSPS) is 18.9. The average molecular weight is 311 g/mol. The highest BCUT2D eigenvalue weighted by Crippen LogP contribution is 2.23. The molecule has 0 N–H and O–H groups in total. The summed E-state index contributed by atoms with van der Waals surface area (Å²) in [7, 11) is 0. The van der Waals surface area contributed by atoms with Gasteiger partial charge in [0.2, 0.25) is 0 Å². The number of hydrogen-bond donors (Lipinski definition) is 0. The molecule has 1 aliphatic heterocycles. The Bertz CT molecular complexity index is 613. The van der Waals surface area contributed by atoms with Gasteiger partial charge < -0.3 is 9.30 Å². The van der Waals surface area contributed by atoms with Gasteiger partial charge in [-0.1, -0.05) is 0 Å². The van der Waals surface area contributed by atoms with E-state index in [0.29, 0.717) is 12.0 Å². The monoisotopic (exact) mass is 310 g/mol. The number of aromatic nitrogens is 4. The molecule has 1 fully saturated rings. The number of imidazole rings is 1. The maximum Gasteiger partial charge on any atom is 0.158 e. The predicted octanol–water partition coefficient (Wildman–Crippen LogP) is 2.91. The Kier molecular flexibility index (Phi) is 4.50. The second kappa shape index (κ2) is 6.36. The molecule has 0 saturated carbocycles. The third kappa shape index (κ3) is 2.81. The molecule has 0 aromatic carbocycles. The maximum absolute atomic E-state index is 5.94. The number of halogens is 1. The molecule has 0 spiro atoms. The lowest BCUT2D eigenvalue weighted by molar-refractivity contribution is 0.100. The van der Waals surface area contributed by atoms with E-state index in [-0.39, 0.29) is 0 Å². The van der Waals surface area contributed by atoms with Gasteiger partial charge in [-0.25, -0.2) is 9.67 Å². The first kappa shape index (κ1) is 14.9. The van der Waals surface area contributed by atoms with Crippen LogP contribution in [0, 0.1) is 6.92 Å². The standard InChI is InChI=1S/C15H23ClN4O/c1-3-20-15-14(11(2)18-20)17-13(6-8-16)19(15)9-7-12-5-4-10-21-12/h12H,3-10H2,1-2H3. The van der Waals surface area contributed by atoms with Crippen molar-refractivity contribution in [3.8, 4) is 0 Å². The average Bonchev–Trinajstić information content (AvgIpc) is 3.16. The summed E-state index contributed by atoms with van der Waals surface area (Å²) in [5.41, 5.74) is 3.15. The Balaban J connectivity index is 1.93. The maximum atomic E-state index is 5.94. The summed E-state index contributed by atoms with van der Waals surface area (Å²) >= 11 is 5.94. The van der Waals surface area contributed by atoms with Gasteiger partial charge in [-0.05, 0) is 33.1 Å². The van der Waals surface area contributed by atoms with Gasteiger partial charge in [-0.3, -0.25) is 0 Å². The Hall–Kier alpha value is -1.07. The first-order valence-electron chi connectivity index (χ1n) is 7.84. The Morgan fingerprint density at radius 3 is 2.95 bits per heavy atom. The van der Waals surface area contributed by atoms with Gasteiger partial charge in [0.15, 0.2) is 5.65 Å². The summed E-state index contributed by atoms with van der Waals surface area (Å²) < 4.78 is 10.1. The van der Waals surface area contributed by atoms with Crippen molar-refractivity contribution in [1.29, 1.82) is 0 Å². The van der Waals surface area contributed by atoms with Crippen molar-refractivity contribution in [2.45, 2.75) is 58.7 Å². The van der Waals surface area contributed by atoms with Crippen LogP contribution in [0.4, 0.5) is 0 Å². The fraction of sp³-hybridized carbons (Fsp3) is 0.733. The minimum atomic E-state index is 0.394. The molecule has 5 nitrogen and oxygen atoms in total. The molecule has 1 saturated heterocycles. The fourth-order valence-electron chi connectivity index (χ4n) is 3.15. The highest BCUT2D eigenvalue weighted by atomic mass is 35.5. The van der Waals surface area contributed by atoms with Gasteiger partial charge in [0.25, 0.3) is 0 Å². The van der Waals surface area contributed by atoms with E-state index >= 15 is 0 Å². The molecule has 1 unspecified atom stereocenters. The number of hydrogen-bond acceptors (Lipinski definition) is 3. The van der Waals surface area contributed by atoms with Crippen LogP contribution in [0.25, 0.3) is 11.2 Å². The lowest BCUT2D eigenvalue weighted by atomic mass is 10.2. The molecule has 0 bridgehead atoms. The zero-order valence-electron chi connectivity index (χ0n) is 12.8. The van der Waals surface area contributed by atoms with Crippen LogP contribution in [0.3, 0.4) is 0 Å². The molecule has 0 aliphatic carbocycles. The second-order valence-electron chi connectivity index (χ2n) is 5.62. The lowest BCUT2D eigenvalue weighted by Gasteiger charge is -2.13. The first-order chi connectivity index (χ1) is 10.2. The van der Waals surface area contributed by atoms with Crippen molar-refractivity contribution in [3.63, 3.8) is 0 Å². The summed E-state index contributed by atoms with van der Waals surface area (Å²) in [5, 5.41) is 4.58. The summed E-state index contributed by atoms with van der Waals surface area (Å²) in [6.45, 7) is 6.83. The van der Waals surface area contributed by atoms with Crippen LogP contribution in [-0.2, 0) is 24.2 Å². The molecule has 1 atom stereocenters. The summed E-state index contributed by atoms with van der Waals surface area (Å²) in [6.07, 6.45) is 4.59. The summed E-state index contributed by atoms with van der Waals surface area (Å²) in [6, 6.07) is 0. The molecule has 3 rings (SSSR count). The molecule has 116 valence electrons. The van der Waals surface area contributed by atoms with E-state index in [2.05, 4.69) is 16.6 Å². The molecule has 2 aromatic rings. The Morgan fingerprint density at radius 2 is 2.29 bits per heavy atom. The topological polar surface area (TPSA) is 44.9 Å². The Morgan fingerprint density at radius 1 is 1.43 bits per heavy atom. The fourth-order valence-corrected chi connectivity index (χ4v) is 3.31. The first-order valence-corrected chi connectivity index (χ1v) is 8.38. The van der Waals surface area contributed by atoms with Crippen LogP contribution in [-0.4, -0.2) is 37.9 Å². The van der Waals surface area contributed by atoms with Crippen molar-refractivity contribution in [3.05, 3.63) is 11.5 Å². The number of fused-ring (bicyclic) bond motifs is 1. The molecule has 2 aromatic heterocycles. The van der Waals surface area contributed by atoms with Crippen LogP contribution in [0.2, 0.25) is 0 Å². The van der Waals surface area contributed by atoms with Crippen molar-refractivity contribution in [2.75, 3.05) is 12.5 Å². The molecular formula is C15H23ClN4O. The van der Waals surface area contributed by atoms with Gasteiger partial charge in [-0.15, -0.1) is 11.6 Å². The molecule has 1 aliphatic rings. The quantitative estimate of drug-likeness (QED) is 0.771. The third-order valence-corrected chi connectivity index (χ3v) is 4.38. The SMILES string of the molecule is CCn1nc(C)c2nc(CCCl)n(CCC3CCCO3)c21. The highest BCUT2D eigenvalue weighted by molar-refractivity contribution is 6.17. The zero-order chi connectivity index (χ0) is 14.8. The number of rotatable bonds is 6. The van der Waals surface area contributed by atoms with E-state index in [4.69, 9.17) is 21.3 Å². The van der Waals surface area contributed by atoms with E-state index in [0.717, 1.165) is 55.2 Å². The van der Waals surface area contributed by atoms with Gasteiger partial charge in [0, 0.05) is 32.0 Å². The second-order valence-corrected chi connectivity index (χ2v) is 5.99. The molecule has 3 heterocycles. The van der Waals surface area contributed by atoms with Crippen LogP contribution >= 0.6 is 11.6 Å². The molecule has 0 amide bonds. The summed E-state index contributed by atoms with van der Waals surface area (Å²) in [4.78, 5) is 4.77. The zero-order valence-corrected chi connectivity index (χ0v) is 13.6. The van der Waals surface area contributed by atoms with E-state index < -0.39 is 0 Å². The molecule has 6 heteroatoms. The molecule has 21 heavy (non-hydrogen) atoms. The lowest BCUT2D eigenvalue weighted by Crippen LogP contribution is -2.14. The van der Waals surface area contributed by atoms with Gasteiger partial charge in [-0.2, -0.15) is 5.10 Å². The van der Waals surface area contributed by atoms with Gasteiger partial charge in [0.05, 0.1) is 11.8 Å². The molecular weight excluding hydrogens is 288 g/mol. The highest BCUT2D eigenvalue weighted by Gasteiger charge is 2.20. The minimum Gasteiger partial charge on any atom is -0.378 e. The van der Waals surface area contributed by atoms with Crippen LogP contribution in [0.15, 0.2) is 0 Å². The Labute approximate surface area is 130 Å². The van der Waals surface area contributed by atoms with Gasteiger partial charge in [0.1, 0.15) is 11.3 Å².